The van der Waals surface area contributed by atoms with Gasteiger partial charge < -0.3 is 9.32 Å². The Labute approximate surface area is 154 Å². The molecule has 5 nitrogen and oxygen atoms in total. The van der Waals surface area contributed by atoms with Crippen LogP contribution < -0.4 is 0 Å². The van der Waals surface area contributed by atoms with E-state index in [0.717, 1.165) is 53.9 Å². The van der Waals surface area contributed by atoms with E-state index in [9.17, 15) is 4.79 Å². The van der Waals surface area contributed by atoms with E-state index >= 15 is 0 Å². The summed E-state index contributed by atoms with van der Waals surface area (Å²) in [4.78, 5) is 23.2. The van der Waals surface area contributed by atoms with Gasteiger partial charge >= 0.3 is 0 Å². The van der Waals surface area contributed by atoms with Crippen molar-refractivity contribution in [1.29, 1.82) is 0 Å². The van der Waals surface area contributed by atoms with Crippen molar-refractivity contribution < 1.29 is 9.21 Å². The molecule has 0 N–H and O–H groups in total. The number of aromatic nitrogens is 1. The van der Waals surface area contributed by atoms with Crippen LogP contribution in [0.5, 0.6) is 0 Å². The monoisotopic (exact) mass is 373 g/mol. The molecular formula is C18H19N3O2S2. The van der Waals surface area contributed by atoms with Crippen molar-refractivity contribution in [1.82, 2.24) is 14.8 Å². The van der Waals surface area contributed by atoms with Crippen LogP contribution in [0.4, 0.5) is 0 Å². The van der Waals surface area contributed by atoms with Crippen LogP contribution in [0.1, 0.15) is 21.1 Å². The second-order valence-electron chi connectivity index (χ2n) is 6.04. The third-order valence-electron chi connectivity index (χ3n) is 4.39. The third kappa shape index (κ3) is 3.53. The molecule has 0 aromatic carbocycles. The zero-order chi connectivity index (χ0) is 17.2. The molecule has 25 heavy (non-hydrogen) atoms. The van der Waals surface area contributed by atoms with Crippen molar-refractivity contribution >= 4 is 28.6 Å². The number of hydrogen-bond acceptors (Lipinski definition) is 6. The van der Waals surface area contributed by atoms with Crippen molar-refractivity contribution in [2.24, 2.45) is 0 Å². The number of thiophene rings is 2. The molecule has 0 saturated carbocycles. The van der Waals surface area contributed by atoms with E-state index in [4.69, 9.17) is 4.42 Å². The van der Waals surface area contributed by atoms with Gasteiger partial charge in [0.1, 0.15) is 5.76 Å². The SMILES string of the molecule is Cc1oc(-c2cccs2)nc1CN1CCN(C(=O)c2cccs2)CC1. The number of rotatable bonds is 4. The van der Waals surface area contributed by atoms with Crippen molar-refractivity contribution in [3.05, 3.63) is 51.4 Å². The van der Waals surface area contributed by atoms with Gasteiger partial charge in [0, 0.05) is 32.7 Å². The number of piperazine rings is 1. The molecule has 4 rings (SSSR count). The van der Waals surface area contributed by atoms with E-state index in [1.807, 2.05) is 46.8 Å². The average molecular weight is 374 g/mol. The van der Waals surface area contributed by atoms with E-state index in [1.165, 1.54) is 11.3 Å². The highest BCUT2D eigenvalue weighted by atomic mass is 32.1. The summed E-state index contributed by atoms with van der Waals surface area (Å²) in [6.07, 6.45) is 0. The number of nitrogens with zero attached hydrogens (tertiary/aromatic N) is 3. The number of carbonyl (C=O) groups excluding carboxylic acids is 1. The fourth-order valence-corrected chi connectivity index (χ4v) is 4.30. The highest BCUT2D eigenvalue weighted by Gasteiger charge is 2.24. The van der Waals surface area contributed by atoms with E-state index in [2.05, 4.69) is 9.88 Å². The third-order valence-corrected chi connectivity index (χ3v) is 6.11. The summed E-state index contributed by atoms with van der Waals surface area (Å²) in [7, 11) is 0. The van der Waals surface area contributed by atoms with Crippen LogP contribution >= 0.6 is 22.7 Å². The minimum absolute atomic E-state index is 0.146. The zero-order valence-corrected chi connectivity index (χ0v) is 15.6. The van der Waals surface area contributed by atoms with Crippen LogP contribution in [0.2, 0.25) is 0 Å². The lowest BCUT2D eigenvalue weighted by molar-refractivity contribution is 0.0631. The summed E-state index contributed by atoms with van der Waals surface area (Å²) in [6.45, 7) is 5.96. The standard InChI is InChI=1S/C18H19N3O2S2/c1-13-14(19-17(23-13)15-4-2-10-24-15)12-20-6-8-21(9-7-20)18(22)16-5-3-11-25-16/h2-5,10-11H,6-9,12H2,1H3. The molecule has 0 unspecified atom stereocenters. The molecule has 130 valence electrons. The summed E-state index contributed by atoms with van der Waals surface area (Å²) in [5, 5.41) is 3.97. The Hall–Kier alpha value is -1.96. The smallest absolute Gasteiger partial charge is 0.264 e. The number of carbonyl (C=O) groups is 1. The molecule has 1 aliphatic rings. The van der Waals surface area contributed by atoms with E-state index in [0.29, 0.717) is 5.89 Å². The Morgan fingerprint density at radius 3 is 2.60 bits per heavy atom. The molecule has 7 heteroatoms. The first-order chi connectivity index (χ1) is 12.2. The Bertz CT molecular complexity index is 832. The van der Waals surface area contributed by atoms with Gasteiger partial charge in [-0.2, -0.15) is 0 Å². The molecule has 1 fully saturated rings. The summed E-state index contributed by atoms with van der Waals surface area (Å²) in [6, 6.07) is 7.84. The Morgan fingerprint density at radius 2 is 1.92 bits per heavy atom. The van der Waals surface area contributed by atoms with Crippen LogP contribution in [0.3, 0.4) is 0 Å². The predicted molar refractivity (Wildman–Crippen MR) is 100 cm³/mol. The van der Waals surface area contributed by atoms with E-state index in [-0.39, 0.29) is 5.91 Å². The maximum Gasteiger partial charge on any atom is 0.264 e. The van der Waals surface area contributed by atoms with Gasteiger partial charge in [-0.3, -0.25) is 9.69 Å². The lowest BCUT2D eigenvalue weighted by Crippen LogP contribution is -2.48. The Balaban J connectivity index is 1.37. The first-order valence-corrected chi connectivity index (χ1v) is 10.0. The fourth-order valence-electron chi connectivity index (χ4n) is 2.96. The van der Waals surface area contributed by atoms with Crippen molar-refractivity contribution in [3.8, 4) is 10.8 Å². The molecule has 4 heterocycles. The van der Waals surface area contributed by atoms with Gasteiger partial charge in [0.2, 0.25) is 5.89 Å². The summed E-state index contributed by atoms with van der Waals surface area (Å²) < 4.78 is 5.82. The van der Waals surface area contributed by atoms with Gasteiger partial charge in [0.05, 0.1) is 15.4 Å². The van der Waals surface area contributed by atoms with Crippen LogP contribution in [-0.2, 0) is 6.54 Å². The normalized spacial score (nSPS) is 15.6. The lowest BCUT2D eigenvalue weighted by atomic mass is 10.2. The topological polar surface area (TPSA) is 49.6 Å². The number of amides is 1. The van der Waals surface area contributed by atoms with E-state index in [1.54, 1.807) is 11.3 Å². The lowest BCUT2D eigenvalue weighted by Gasteiger charge is -2.34. The Kier molecular flexibility index (Phi) is 4.70. The van der Waals surface area contributed by atoms with Crippen LogP contribution in [0.25, 0.3) is 10.8 Å². The molecule has 1 saturated heterocycles. The molecule has 1 amide bonds. The highest BCUT2D eigenvalue weighted by Crippen LogP contribution is 2.26. The van der Waals surface area contributed by atoms with Crippen molar-refractivity contribution in [2.75, 3.05) is 26.2 Å². The number of aryl methyl sites for hydroxylation is 1. The zero-order valence-electron chi connectivity index (χ0n) is 14.0. The van der Waals surface area contributed by atoms with Crippen LogP contribution in [0, 0.1) is 6.92 Å². The van der Waals surface area contributed by atoms with Crippen molar-refractivity contribution in [2.45, 2.75) is 13.5 Å². The molecule has 0 atom stereocenters. The molecule has 3 aromatic rings. The molecule has 3 aromatic heterocycles. The molecule has 0 radical (unpaired) electrons. The first-order valence-electron chi connectivity index (χ1n) is 8.26. The van der Waals surface area contributed by atoms with Crippen LogP contribution in [-0.4, -0.2) is 46.9 Å². The second-order valence-corrected chi connectivity index (χ2v) is 7.94. The van der Waals surface area contributed by atoms with Gasteiger partial charge in [0.15, 0.2) is 0 Å². The quantitative estimate of drug-likeness (QED) is 0.699. The van der Waals surface area contributed by atoms with Gasteiger partial charge in [-0.05, 0) is 29.8 Å². The second kappa shape index (κ2) is 7.11. The maximum absolute atomic E-state index is 12.4. The van der Waals surface area contributed by atoms with Gasteiger partial charge in [-0.25, -0.2) is 4.98 Å². The molecule has 0 bridgehead atoms. The summed E-state index contributed by atoms with van der Waals surface area (Å²) in [5.41, 5.74) is 0.987. The predicted octanol–water partition coefficient (Wildman–Crippen LogP) is 3.73. The van der Waals surface area contributed by atoms with E-state index < -0.39 is 0 Å². The number of oxazole rings is 1. The average Bonchev–Trinajstić information content (AvgIpc) is 3.38. The minimum Gasteiger partial charge on any atom is -0.440 e. The van der Waals surface area contributed by atoms with Crippen LogP contribution in [0.15, 0.2) is 39.4 Å². The fraction of sp³-hybridized carbons (Fsp3) is 0.333. The molecular weight excluding hydrogens is 354 g/mol. The van der Waals surface area contributed by atoms with Gasteiger partial charge in [0.25, 0.3) is 5.91 Å². The molecule has 0 spiro atoms. The largest absolute Gasteiger partial charge is 0.440 e. The number of hydrogen-bond donors (Lipinski definition) is 0. The van der Waals surface area contributed by atoms with Gasteiger partial charge in [-0.15, -0.1) is 22.7 Å². The Morgan fingerprint density at radius 1 is 1.16 bits per heavy atom. The summed E-state index contributed by atoms with van der Waals surface area (Å²) in [5.74, 6) is 1.72. The first kappa shape index (κ1) is 16.5. The van der Waals surface area contributed by atoms with Gasteiger partial charge in [-0.1, -0.05) is 12.1 Å². The minimum atomic E-state index is 0.146. The molecule has 1 aliphatic heterocycles. The summed E-state index contributed by atoms with van der Waals surface area (Å²) >= 11 is 3.14. The molecule has 0 aliphatic carbocycles. The van der Waals surface area contributed by atoms with Crippen molar-refractivity contribution in [3.63, 3.8) is 0 Å². The highest BCUT2D eigenvalue weighted by molar-refractivity contribution is 7.13. The maximum atomic E-state index is 12.4.